The minimum absolute atomic E-state index is 0.222. The fourth-order valence-electron chi connectivity index (χ4n) is 2.52. The van der Waals surface area contributed by atoms with Gasteiger partial charge < -0.3 is 10.4 Å². The van der Waals surface area contributed by atoms with Gasteiger partial charge in [0.05, 0.1) is 11.9 Å². The monoisotopic (exact) mass is 328 g/mol. The van der Waals surface area contributed by atoms with E-state index in [1.54, 1.807) is 30.5 Å². The Morgan fingerprint density at radius 1 is 0.840 bits per heavy atom. The molecule has 2 aromatic heterocycles. The van der Waals surface area contributed by atoms with Crippen molar-refractivity contribution in [3.05, 3.63) is 72.4 Å². The summed E-state index contributed by atoms with van der Waals surface area (Å²) in [5.41, 5.74) is 5.08. The summed E-state index contributed by atoms with van der Waals surface area (Å²) in [6, 6.07) is 18.8. The standard InChI is InChI=1S/C20H16N4O/c1-13-2-6-15(7-3-13)22-19-11-10-17-20(24-19)23-18(12-21-17)14-4-8-16(25)9-5-14/h2-12,25H,1H3,(H,22,23,24). The number of aromatic nitrogens is 3. The van der Waals surface area contributed by atoms with E-state index in [1.807, 2.05) is 36.4 Å². The van der Waals surface area contributed by atoms with Crippen molar-refractivity contribution in [3.63, 3.8) is 0 Å². The fraction of sp³-hybridized carbons (Fsp3) is 0.0500. The van der Waals surface area contributed by atoms with Crippen LogP contribution in [0, 0.1) is 6.92 Å². The third kappa shape index (κ3) is 3.26. The number of hydrogen-bond acceptors (Lipinski definition) is 5. The second-order valence-electron chi connectivity index (χ2n) is 5.83. The minimum Gasteiger partial charge on any atom is -0.508 e. The number of anilines is 2. The van der Waals surface area contributed by atoms with Crippen molar-refractivity contribution in [2.24, 2.45) is 0 Å². The average molecular weight is 328 g/mol. The predicted molar refractivity (Wildman–Crippen MR) is 98.9 cm³/mol. The third-order valence-electron chi connectivity index (χ3n) is 3.89. The molecule has 0 amide bonds. The van der Waals surface area contributed by atoms with Gasteiger partial charge in [-0.15, -0.1) is 0 Å². The normalized spacial score (nSPS) is 10.8. The fourth-order valence-corrected chi connectivity index (χ4v) is 2.52. The zero-order chi connectivity index (χ0) is 17.2. The van der Waals surface area contributed by atoms with Gasteiger partial charge in [-0.1, -0.05) is 17.7 Å². The van der Waals surface area contributed by atoms with Crippen LogP contribution in [0.5, 0.6) is 5.75 Å². The van der Waals surface area contributed by atoms with Crippen molar-refractivity contribution >= 4 is 22.7 Å². The zero-order valence-electron chi connectivity index (χ0n) is 13.6. The highest BCUT2D eigenvalue weighted by Gasteiger charge is 2.06. The summed E-state index contributed by atoms with van der Waals surface area (Å²) in [6.45, 7) is 2.05. The Hall–Kier alpha value is -3.47. The van der Waals surface area contributed by atoms with Gasteiger partial charge in [-0.05, 0) is 55.5 Å². The van der Waals surface area contributed by atoms with Crippen LogP contribution in [0.25, 0.3) is 22.4 Å². The maximum Gasteiger partial charge on any atom is 0.180 e. The van der Waals surface area contributed by atoms with Crippen LogP contribution >= 0.6 is 0 Å². The van der Waals surface area contributed by atoms with E-state index in [1.165, 1.54) is 5.56 Å². The van der Waals surface area contributed by atoms with Crippen LogP contribution in [0.15, 0.2) is 66.9 Å². The van der Waals surface area contributed by atoms with Crippen LogP contribution < -0.4 is 5.32 Å². The van der Waals surface area contributed by atoms with Crippen LogP contribution in [0.1, 0.15) is 5.56 Å². The number of aryl methyl sites for hydroxylation is 1. The minimum atomic E-state index is 0.222. The highest BCUT2D eigenvalue weighted by molar-refractivity contribution is 5.76. The lowest BCUT2D eigenvalue weighted by atomic mass is 10.1. The highest BCUT2D eigenvalue weighted by Crippen LogP contribution is 2.22. The summed E-state index contributed by atoms with van der Waals surface area (Å²) in [7, 11) is 0. The topological polar surface area (TPSA) is 70.9 Å². The molecule has 0 radical (unpaired) electrons. The molecule has 0 saturated heterocycles. The molecule has 0 bridgehead atoms. The molecule has 0 unspecified atom stereocenters. The number of phenolic OH excluding ortho intramolecular Hbond substituents is 1. The van der Waals surface area contributed by atoms with Crippen LogP contribution in [0.3, 0.4) is 0 Å². The van der Waals surface area contributed by atoms with Gasteiger partial charge in [-0.2, -0.15) is 0 Å². The molecule has 5 heteroatoms. The lowest BCUT2D eigenvalue weighted by Gasteiger charge is -2.07. The third-order valence-corrected chi connectivity index (χ3v) is 3.89. The van der Waals surface area contributed by atoms with E-state index in [9.17, 15) is 5.11 Å². The first-order chi connectivity index (χ1) is 12.2. The van der Waals surface area contributed by atoms with Crippen LogP contribution in [-0.4, -0.2) is 20.1 Å². The molecule has 0 aliphatic rings. The Bertz CT molecular complexity index is 1030. The molecule has 122 valence electrons. The first-order valence-electron chi connectivity index (χ1n) is 7.94. The lowest BCUT2D eigenvalue weighted by molar-refractivity contribution is 0.475. The Morgan fingerprint density at radius 2 is 1.60 bits per heavy atom. The Labute approximate surface area is 145 Å². The average Bonchev–Trinajstić information content (AvgIpc) is 2.64. The highest BCUT2D eigenvalue weighted by atomic mass is 16.3. The molecule has 2 N–H and O–H groups in total. The Morgan fingerprint density at radius 3 is 2.36 bits per heavy atom. The zero-order valence-corrected chi connectivity index (χ0v) is 13.6. The number of benzene rings is 2. The Balaban J connectivity index is 1.68. The predicted octanol–water partition coefficient (Wildman–Crippen LogP) is 4.45. The molecule has 0 saturated carbocycles. The van der Waals surface area contributed by atoms with Gasteiger partial charge in [0, 0.05) is 11.3 Å². The van der Waals surface area contributed by atoms with Crippen molar-refractivity contribution in [2.75, 3.05) is 5.32 Å². The Kier molecular flexibility index (Phi) is 3.74. The number of rotatable bonds is 3. The lowest BCUT2D eigenvalue weighted by Crippen LogP contribution is -1.96. The summed E-state index contributed by atoms with van der Waals surface area (Å²) in [6.07, 6.45) is 1.71. The van der Waals surface area contributed by atoms with Crippen molar-refractivity contribution < 1.29 is 5.11 Å². The quantitative estimate of drug-likeness (QED) is 0.581. The molecule has 4 rings (SSSR count). The first-order valence-corrected chi connectivity index (χ1v) is 7.94. The number of nitrogens with one attached hydrogen (secondary N) is 1. The molecule has 25 heavy (non-hydrogen) atoms. The van der Waals surface area contributed by atoms with Gasteiger partial charge in [0.2, 0.25) is 0 Å². The largest absolute Gasteiger partial charge is 0.508 e. The number of nitrogens with zero attached hydrogens (tertiary/aromatic N) is 3. The molecule has 0 fully saturated rings. The first kappa shape index (κ1) is 15.1. The van der Waals surface area contributed by atoms with Gasteiger partial charge in [0.15, 0.2) is 5.65 Å². The van der Waals surface area contributed by atoms with E-state index in [0.717, 1.165) is 16.8 Å². The number of aromatic hydroxyl groups is 1. The molecule has 0 aliphatic carbocycles. The smallest absolute Gasteiger partial charge is 0.180 e. The maximum absolute atomic E-state index is 9.41. The number of hydrogen-bond donors (Lipinski definition) is 2. The van der Waals surface area contributed by atoms with Crippen LogP contribution in [-0.2, 0) is 0 Å². The van der Waals surface area contributed by atoms with Crippen molar-refractivity contribution in [1.82, 2.24) is 15.0 Å². The summed E-state index contributed by atoms with van der Waals surface area (Å²) in [5.74, 6) is 0.939. The number of fused-ring (bicyclic) bond motifs is 1. The van der Waals surface area contributed by atoms with Crippen LogP contribution in [0.2, 0.25) is 0 Å². The summed E-state index contributed by atoms with van der Waals surface area (Å²) < 4.78 is 0. The van der Waals surface area contributed by atoms with Gasteiger partial charge in [-0.25, -0.2) is 9.97 Å². The molecule has 0 spiro atoms. The molecular formula is C20H16N4O. The van der Waals surface area contributed by atoms with Gasteiger partial charge in [0.25, 0.3) is 0 Å². The number of pyridine rings is 1. The van der Waals surface area contributed by atoms with E-state index in [-0.39, 0.29) is 5.75 Å². The summed E-state index contributed by atoms with van der Waals surface area (Å²) in [4.78, 5) is 13.6. The molecule has 2 heterocycles. The molecule has 5 nitrogen and oxygen atoms in total. The second kappa shape index (κ2) is 6.20. The van der Waals surface area contributed by atoms with E-state index in [4.69, 9.17) is 0 Å². The molecule has 0 atom stereocenters. The van der Waals surface area contributed by atoms with E-state index >= 15 is 0 Å². The van der Waals surface area contributed by atoms with E-state index in [0.29, 0.717) is 17.2 Å². The van der Waals surface area contributed by atoms with E-state index < -0.39 is 0 Å². The second-order valence-corrected chi connectivity index (χ2v) is 5.83. The van der Waals surface area contributed by atoms with E-state index in [2.05, 4.69) is 27.2 Å². The van der Waals surface area contributed by atoms with Gasteiger partial charge in [0.1, 0.15) is 17.1 Å². The van der Waals surface area contributed by atoms with Crippen LogP contribution in [0.4, 0.5) is 11.5 Å². The molecule has 0 aliphatic heterocycles. The van der Waals surface area contributed by atoms with Crippen molar-refractivity contribution in [2.45, 2.75) is 6.92 Å². The SMILES string of the molecule is Cc1ccc(Nc2ccc3ncc(-c4ccc(O)cc4)nc3n2)cc1. The summed E-state index contributed by atoms with van der Waals surface area (Å²) in [5, 5.41) is 12.7. The molecule has 4 aromatic rings. The van der Waals surface area contributed by atoms with Gasteiger partial charge >= 0.3 is 0 Å². The molecule has 2 aromatic carbocycles. The summed E-state index contributed by atoms with van der Waals surface area (Å²) >= 11 is 0. The molecular weight excluding hydrogens is 312 g/mol. The van der Waals surface area contributed by atoms with Gasteiger partial charge in [-0.3, -0.25) is 4.98 Å². The number of phenols is 1. The van der Waals surface area contributed by atoms with Crippen molar-refractivity contribution in [1.29, 1.82) is 0 Å². The van der Waals surface area contributed by atoms with Crippen molar-refractivity contribution in [3.8, 4) is 17.0 Å². The maximum atomic E-state index is 9.41.